The van der Waals surface area contributed by atoms with Crippen molar-refractivity contribution >= 4 is 26.1 Å². The predicted molar refractivity (Wildman–Crippen MR) is 54.6 cm³/mol. The highest BCUT2D eigenvalue weighted by Crippen LogP contribution is 2.19. The molecule has 1 rings (SSSR count). The van der Waals surface area contributed by atoms with Crippen LogP contribution < -0.4 is 5.73 Å². The van der Waals surface area contributed by atoms with E-state index in [9.17, 15) is 21.6 Å². The maximum Gasteiger partial charge on any atom is 0.295 e. The minimum atomic E-state index is -4.72. The van der Waals surface area contributed by atoms with Crippen LogP contribution in [0.2, 0.25) is 0 Å². The fourth-order valence-corrected chi connectivity index (χ4v) is 2.27. The summed E-state index contributed by atoms with van der Waals surface area (Å²) in [5.74, 6) is -1.26. The zero-order valence-corrected chi connectivity index (χ0v) is 9.69. The van der Waals surface area contributed by atoms with E-state index in [-0.39, 0.29) is 0 Å². The van der Waals surface area contributed by atoms with E-state index in [4.69, 9.17) is 14.8 Å². The van der Waals surface area contributed by atoms with Crippen LogP contribution in [-0.4, -0.2) is 31.8 Å². The summed E-state index contributed by atoms with van der Waals surface area (Å²) in [7, 11) is -9.32. The second-order valence-corrected chi connectivity index (χ2v) is 5.78. The Balaban J connectivity index is 3.66. The molecule has 0 radical (unpaired) electrons. The molecule has 0 bridgehead atoms. The smallest absolute Gasteiger partial charge is 0.295 e. The van der Waals surface area contributed by atoms with Crippen molar-refractivity contribution < 1.29 is 30.7 Å². The van der Waals surface area contributed by atoms with Crippen LogP contribution in [0.4, 0.5) is 0 Å². The second kappa shape index (κ2) is 4.07. The molecule has 0 atom stereocenters. The van der Waals surface area contributed by atoms with E-state index in [0.717, 1.165) is 0 Å². The van der Waals surface area contributed by atoms with Gasteiger partial charge < -0.3 is 5.73 Å². The van der Waals surface area contributed by atoms with Gasteiger partial charge in [0.2, 0.25) is 5.91 Å². The van der Waals surface area contributed by atoms with Gasteiger partial charge in [0, 0.05) is 0 Å². The highest BCUT2D eigenvalue weighted by Gasteiger charge is 2.22. The quantitative estimate of drug-likeness (QED) is 0.618. The highest BCUT2D eigenvalue weighted by molar-refractivity contribution is 7.86. The van der Waals surface area contributed by atoms with E-state index in [0.29, 0.717) is 18.2 Å². The summed E-state index contributed by atoms with van der Waals surface area (Å²) in [5.41, 5.74) is 4.10. The molecule has 1 aromatic rings. The van der Waals surface area contributed by atoms with Gasteiger partial charge in [-0.2, -0.15) is 16.8 Å². The molecule has 10 heteroatoms. The van der Waals surface area contributed by atoms with Crippen LogP contribution >= 0.6 is 0 Å². The molecule has 0 saturated carbocycles. The summed E-state index contributed by atoms with van der Waals surface area (Å²) in [6, 6.07) is 1.92. The summed E-state index contributed by atoms with van der Waals surface area (Å²) in [5, 5.41) is 0. The molecule has 0 aliphatic carbocycles. The largest absolute Gasteiger partial charge is 0.366 e. The number of carbonyl (C=O) groups excluding carboxylic acids is 1. The van der Waals surface area contributed by atoms with E-state index in [1.807, 2.05) is 0 Å². The third kappa shape index (κ3) is 3.00. The number of hydrogen-bond donors (Lipinski definition) is 3. The normalized spacial score (nSPS) is 12.4. The van der Waals surface area contributed by atoms with Gasteiger partial charge in [0.15, 0.2) is 0 Å². The standard InChI is InChI=1S/C7H7NO7S2/c8-7(9)5-3-4(16(10,11)12)1-2-6(5)17(13,14)15/h1-3H,(H2,8,9)(H,10,11,12)(H,13,14,15). The van der Waals surface area contributed by atoms with E-state index in [2.05, 4.69) is 0 Å². The number of hydrogen-bond acceptors (Lipinski definition) is 5. The molecule has 1 amide bonds. The fraction of sp³-hybridized carbons (Fsp3) is 0. The minimum absolute atomic E-state index is 0.556. The molecule has 0 aromatic heterocycles. The second-order valence-electron chi connectivity index (χ2n) is 2.97. The number of rotatable bonds is 3. The molecule has 0 aliphatic heterocycles. The van der Waals surface area contributed by atoms with Crippen LogP contribution in [0.5, 0.6) is 0 Å². The first kappa shape index (κ1) is 13.6. The first-order chi connectivity index (χ1) is 7.53. The maximum atomic E-state index is 10.9. The number of primary amides is 1. The van der Waals surface area contributed by atoms with Gasteiger partial charge in [-0.15, -0.1) is 0 Å². The Kier molecular flexibility index (Phi) is 3.25. The molecule has 8 nitrogen and oxygen atoms in total. The molecule has 0 aliphatic rings. The first-order valence-corrected chi connectivity index (χ1v) is 6.80. The zero-order chi connectivity index (χ0) is 13.4. The number of benzene rings is 1. The van der Waals surface area contributed by atoms with Gasteiger partial charge in [-0.25, -0.2) is 0 Å². The molecule has 0 spiro atoms. The zero-order valence-electron chi connectivity index (χ0n) is 8.06. The van der Waals surface area contributed by atoms with Gasteiger partial charge >= 0.3 is 0 Å². The van der Waals surface area contributed by atoms with Crippen LogP contribution in [0.15, 0.2) is 28.0 Å². The lowest BCUT2D eigenvalue weighted by molar-refractivity contribution is 0.0996. The summed E-state index contributed by atoms with van der Waals surface area (Å²) in [6.07, 6.45) is 0. The van der Waals surface area contributed by atoms with E-state index < -0.39 is 41.5 Å². The summed E-state index contributed by atoms with van der Waals surface area (Å²) >= 11 is 0. The molecule has 0 heterocycles. The van der Waals surface area contributed by atoms with Crippen LogP contribution in [0.1, 0.15) is 10.4 Å². The van der Waals surface area contributed by atoms with Crippen LogP contribution in [-0.2, 0) is 20.2 Å². The Hall–Kier alpha value is -1.49. The lowest BCUT2D eigenvalue weighted by atomic mass is 10.2. The summed E-state index contributed by atoms with van der Waals surface area (Å²) < 4.78 is 60.7. The average molecular weight is 281 g/mol. The lowest BCUT2D eigenvalue weighted by Gasteiger charge is -2.05. The van der Waals surface area contributed by atoms with E-state index in [1.165, 1.54) is 0 Å². The monoisotopic (exact) mass is 281 g/mol. The number of amides is 1. The predicted octanol–water partition coefficient (Wildman–Crippen LogP) is -0.721. The molecule has 0 saturated heterocycles. The minimum Gasteiger partial charge on any atom is -0.366 e. The van der Waals surface area contributed by atoms with Gasteiger partial charge in [0.25, 0.3) is 20.2 Å². The van der Waals surface area contributed by atoms with Crippen molar-refractivity contribution in [2.45, 2.75) is 9.79 Å². The number of nitrogens with two attached hydrogens (primary N) is 1. The summed E-state index contributed by atoms with van der Waals surface area (Å²) in [4.78, 5) is 9.37. The van der Waals surface area contributed by atoms with Crippen LogP contribution in [0, 0.1) is 0 Å². The molecule has 94 valence electrons. The van der Waals surface area contributed by atoms with Crippen molar-refractivity contribution in [1.29, 1.82) is 0 Å². The SMILES string of the molecule is NC(=O)c1cc(S(=O)(=O)O)ccc1S(=O)(=O)O. The van der Waals surface area contributed by atoms with Gasteiger partial charge in [0.1, 0.15) is 4.90 Å². The highest BCUT2D eigenvalue weighted by atomic mass is 32.2. The Morgan fingerprint density at radius 2 is 1.59 bits per heavy atom. The molecule has 1 aromatic carbocycles. The topological polar surface area (TPSA) is 152 Å². The molecule has 4 N–H and O–H groups in total. The van der Waals surface area contributed by atoms with Crippen molar-refractivity contribution in [3.05, 3.63) is 23.8 Å². The molecule has 0 unspecified atom stereocenters. The average Bonchev–Trinajstić information content (AvgIpc) is 2.14. The molecule has 17 heavy (non-hydrogen) atoms. The molecule has 0 fully saturated rings. The van der Waals surface area contributed by atoms with Gasteiger partial charge in [-0.1, -0.05) is 0 Å². The Morgan fingerprint density at radius 1 is 1.06 bits per heavy atom. The van der Waals surface area contributed by atoms with Gasteiger partial charge in [-0.05, 0) is 18.2 Å². The van der Waals surface area contributed by atoms with E-state index in [1.54, 1.807) is 0 Å². The fourth-order valence-electron chi connectivity index (χ4n) is 1.09. The van der Waals surface area contributed by atoms with Crippen molar-refractivity contribution in [2.24, 2.45) is 5.73 Å². The van der Waals surface area contributed by atoms with Crippen molar-refractivity contribution in [2.75, 3.05) is 0 Å². The van der Waals surface area contributed by atoms with Gasteiger partial charge in [0.05, 0.1) is 10.5 Å². The molecular formula is C7H7NO7S2. The Labute approximate surface area is 96.6 Å². The van der Waals surface area contributed by atoms with Crippen LogP contribution in [0.25, 0.3) is 0 Å². The number of carbonyl (C=O) groups is 1. The summed E-state index contributed by atoms with van der Waals surface area (Å²) in [6.45, 7) is 0. The first-order valence-electron chi connectivity index (χ1n) is 3.92. The third-order valence-electron chi connectivity index (χ3n) is 1.79. The lowest BCUT2D eigenvalue weighted by Crippen LogP contribution is -2.17. The molecular weight excluding hydrogens is 274 g/mol. The van der Waals surface area contributed by atoms with Crippen molar-refractivity contribution in [1.82, 2.24) is 0 Å². The van der Waals surface area contributed by atoms with Crippen LogP contribution in [0.3, 0.4) is 0 Å². The van der Waals surface area contributed by atoms with Crippen molar-refractivity contribution in [3.8, 4) is 0 Å². The van der Waals surface area contributed by atoms with E-state index >= 15 is 0 Å². The Morgan fingerprint density at radius 3 is 1.94 bits per heavy atom. The maximum absolute atomic E-state index is 10.9. The van der Waals surface area contributed by atoms with Gasteiger partial charge in [-0.3, -0.25) is 13.9 Å². The third-order valence-corrected chi connectivity index (χ3v) is 3.55. The Bertz CT molecular complexity index is 674. The van der Waals surface area contributed by atoms with Crippen molar-refractivity contribution in [3.63, 3.8) is 0 Å².